The molecule has 4 aromatic rings. The minimum absolute atomic E-state index is 0.0590. The van der Waals surface area contributed by atoms with Crippen LogP contribution in [0.15, 0.2) is 73.1 Å². The van der Waals surface area contributed by atoms with E-state index < -0.39 is 0 Å². The first kappa shape index (κ1) is 20.0. The van der Waals surface area contributed by atoms with Crippen LogP contribution in [0, 0.1) is 13.8 Å². The number of aryl methyl sites for hydroxylation is 2. The first-order chi connectivity index (χ1) is 14.5. The summed E-state index contributed by atoms with van der Waals surface area (Å²) >= 11 is 6.54. The van der Waals surface area contributed by atoms with Crippen molar-refractivity contribution in [3.05, 3.63) is 106 Å². The van der Waals surface area contributed by atoms with Gasteiger partial charge in [-0.2, -0.15) is 0 Å². The average molecular weight is 416 g/mol. The third-order valence-electron chi connectivity index (χ3n) is 5.08. The van der Waals surface area contributed by atoms with Gasteiger partial charge in [0.2, 0.25) is 0 Å². The maximum absolute atomic E-state index is 13.3. The number of amides is 1. The van der Waals surface area contributed by atoms with Gasteiger partial charge < -0.3 is 4.90 Å². The maximum atomic E-state index is 13.3. The first-order valence-corrected chi connectivity index (χ1v) is 10.2. The average Bonchev–Trinajstić information content (AvgIpc) is 2.75. The molecule has 0 spiro atoms. The molecule has 0 aliphatic rings. The molecule has 0 fully saturated rings. The Bertz CT molecular complexity index is 1190. The second kappa shape index (κ2) is 8.64. The van der Waals surface area contributed by atoms with Gasteiger partial charge >= 0.3 is 0 Å². The predicted octanol–water partition coefficient (Wildman–Crippen LogP) is 5.74. The molecule has 4 rings (SSSR count). The van der Waals surface area contributed by atoms with Gasteiger partial charge in [-0.3, -0.25) is 9.78 Å². The molecule has 2 aromatic carbocycles. The highest BCUT2D eigenvalue weighted by molar-refractivity contribution is 6.30. The minimum atomic E-state index is -0.0590. The van der Waals surface area contributed by atoms with Gasteiger partial charge in [-0.25, -0.2) is 4.98 Å². The molecule has 1 amide bonds. The molecule has 0 saturated carbocycles. The highest BCUT2D eigenvalue weighted by Gasteiger charge is 2.19. The fraction of sp³-hybridized carbons (Fsp3) is 0.160. The molecule has 0 atom stereocenters. The smallest absolute Gasteiger partial charge is 0.254 e. The lowest BCUT2D eigenvalue weighted by Crippen LogP contribution is -2.30. The van der Waals surface area contributed by atoms with Crippen molar-refractivity contribution in [2.24, 2.45) is 0 Å². The Kier molecular flexibility index (Phi) is 5.77. The van der Waals surface area contributed by atoms with Gasteiger partial charge in [-0.15, -0.1) is 0 Å². The predicted molar refractivity (Wildman–Crippen MR) is 120 cm³/mol. The van der Waals surface area contributed by atoms with Crippen LogP contribution in [0.25, 0.3) is 10.9 Å². The molecular formula is C25H22ClN3O. The number of carbonyl (C=O) groups is 1. The third kappa shape index (κ3) is 4.34. The van der Waals surface area contributed by atoms with Crippen LogP contribution in [0.4, 0.5) is 0 Å². The summed E-state index contributed by atoms with van der Waals surface area (Å²) in [6, 6.07) is 19.3. The number of halogens is 1. The van der Waals surface area contributed by atoms with Crippen molar-refractivity contribution in [3.63, 3.8) is 0 Å². The number of nitrogens with zero attached hydrogens (tertiary/aromatic N) is 3. The normalized spacial score (nSPS) is 10.9. The fourth-order valence-electron chi connectivity index (χ4n) is 3.64. The maximum Gasteiger partial charge on any atom is 0.254 e. The number of hydrogen-bond acceptors (Lipinski definition) is 3. The quantitative estimate of drug-likeness (QED) is 0.390. The molecule has 0 aliphatic carbocycles. The van der Waals surface area contributed by atoms with Gasteiger partial charge in [0.25, 0.3) is 5.91 Å². The number of rotatable bonds is 5. The molecule has 2 aromatic heterocycles. The molecule has 4 nitrogen and oxygen atoms in total. The number of aromatic nitrogens is 2. The van der Waals surface area contributed by atoms with Gasteiger partial charge in [0.1, 0.15) is 5.15 Å². The summed E-state index contributed by atoms with van der Waals surface area (Å²) in [7, 11) is 0. The van der Waals surface area contributed by atoms with Crippen LogP contribution in [0.5, 0.6) is 0 Å². The number of hydrogen-bond donors (Lipinski definition) is 0. The molecule has 0 unspecified atom stereocenters. The summed E-state index contributed by atoms with van der Waals surface area (Å²) in [6.45, 7) is 4.90. The van der Waals surface area contributed by atoms with Gasteiger partial charge in [0.15, 0.2) is 0 Å². The summed E-state index contributed by atoms with van der Waals surface area (Å²) in [6.07, 6.45) is 3.50. The van der Waals surface area contributed by atoms with E-state index in [1.807, 2.05) is 61.5 Å². The van der Waals surface area contributed by atoms with E-state index in [1.165, 1.54) is 0 Å². The van der Waals surface area contributed by atoms with Crippen molar-refractivity contribution >= 4 is 28.4 Å². The largest absolute Gasteiger partial charge is 0.330 e. The van der Waals surface area contributed by atoms with Crippen molar-refractivity contribution in [1.29, 1.82) is 0 Å². The SMILES string of the molecule is Cc1cc(C)c2cc(CN(Cc3cccnc3)C(=O)c3ccccc3)c(Cl)nc2c1. The zero-order valence-electron chi connectivity index (χ0n) is 17.0. The summed E-state index contributed by atoms with van der Waals surface area (Å²) in [5.41, 5.74) is 5.58. The Balaban J connectivity index is 1.72. The lowest BCUT2D eigenvalue weighted by atomic mass is 10.0. The fourth-order valence-corrected chi connectivity index (χ4v) is 3.84. The first-order valence-electron chi connectivity index (χ1n) is 9.81. The van der Waals surface area contributed by atoms with Crippen LogP contribution >= 0.6 is 11.6 Å². The highest BCUT2D eigenvalue weighted by atomic mass is 35.5. The Morgan fingerprint density at radius 2 is 1.80 bits per heavy atom. The summed E-state index contributed by atoms with van der Waals surface area (Å²) in [5, 5.41) is 1.47. The number of carbonyl (C=O) groups excluding carboxylic acids is 1. The summed E-state index contributed by atoms with van der Waals surface area (Å²) in [4.78, 5) is 23.8. The molecule has 0 bridgehead atoms. The van der Waals surface area contributed by atoms with Gasteiger partial charge in [-0.1, -0.05) is 41.9 Å². The van der Waals surface area contributed by atoms with Crippen LogP contribution < -0.4 is 0 Å². The Hall–Kier alpha value is -3.24. The van der Waals surface area contributed by atoms with E-state index in [2.05, 4.69) is 23.0 Å². The van der Waals surface area contributed by atoms with Crippen LogP contribution in [0.3, 0.4) is 0 Å². The van der Waals surface area contributed by atoms with Crippen molar-refractivity contribution < 1.29 is 4.79 Å². The molecule has 0 N–H and O–H groups in total. The van der Waals surface area contributed by atoms with E-state index in [-0.39, 0.29) is 5.91 Å². The van der Waals surface area contributed by atoms with Crippen LogP contribution in [0.1, 0.15) is 32.6 Å². The van der Waals surface area contributed by atoms with Crippen LogP contribution in [0.2, 0.25) is 5.15 Å². The number of benzene rings is 2. The molecule has 150 valence electrons. The van der Waals surface area contributed by atoms with E-state index in [0.29, 0.717) is 23.8 Å². The minimum Gasteiger partial charge on any atom is -0.330 e. The van der Waals surface area contributed by atoms with Crippen LogP contribution in [-0.4, -0.2) is 20.8 Å². The summed E-state index contributed by atoms with van der Waals surface area (Å²) in [5.74, 6) is -0.0590. The zero-order chi connectivity index (χ0) is 21.1. The van der Waals surface area contributed by atoms with E-state index in [1.54, 1.807) is 17.3 Å². The third-order valence-corrected chi connectivity index (χ3v) is 5.40. The standard InChI is InChI=1S/C25H22ClN3O/c1-17-11-18(2)22-13-21(24(26)28-23(22)12-17)16-29(15-19-7-6-10-27-14-19)25(30)20-8-4-3-5-9-20/h3-14H,15-16H2,1-2H3. The van der Waals surface area contributed by atoms with E-state index in [9.17, 15) is 4.79 Å². The van der Waals surface area contributed by atoms with E-state index in [4.69, 9.17) is 11.6 Å². The second-order valence-electron chi connectivity index (χ2n) is 7.48. The Morgan fingerprint density at radius 3 is 2.53 bits per heavy atom. The van der Waals surface area contributed by atoms with E-state index >= 15 is 0 Å². The van der Waals surface area contributed by atoms with Crippen molar-refractivity contribution in [3.8, 4) is 0 Å². The topological polar surface area (TPSA) is 46.1 Å². The van der Waals surface area contributed by atoms with E-state index in [0.717, 1.165) is 33.2 Å². The lowest BCUT2D eigenvalue weighted by molar-refractivity contribution is 0.0730. The van der Waals surface area contributed by atoms with Gasteiger partial charge in [0, 0.05) is 42.0 Å². The molecular weight excluding hydrogens is 394 g/mol. The monoisotopic (exact) mass is 415 g/mol. The summed E-state index contributed by atoms with van der Waals surface area (Å²) < 4.78 is 0. The molecule has 2 heterocycles. The Labute approximate surface area is 181 Å². The zero-order valence-corrected chi connectivity index (χ0v) is 17.7. The highest BCUT2D eigenvalue weighted by Crippen LogP contribution is 2.26. The lowest BCUT2D eigenvalue weighted by Gasteiger charge is -2.24. The van der Waals surface area contributed by atoms with Crippen LogP contribution in [-0.2, 0) is 13.1 Å². The van der Waals surface area contributed by atoms with Crippen molar-refractivity contribution in [2.45, 2.75) is 26.9 Å². The molecule has 5 heteroatoms. The molecule has 0 saturated heterocycles. The molecule has 0 aliphatic heterocycles. The number of pyridine rings is 2. The molecule has 30 heavy (non-hydrogen) atoms. The van der Waals surface area contributed by atoms with Crippen molar-refractivity contribution in [1.82, 2.24) is 14.9 Å². The van der Waals surface area contributed by atoms with Gasteiger partial charge in [-0.05, 0) is 60.9 Å². The molecule has 0 radical (unpaired) electrons. The van der Waals surface area contributed by atoms with Crippen molar-refractivity contribution in [2.75, 3.05) is 0 Å². The Morgan fingerprint density at radius 1 is 1.00 bits per heavy atom. The van der Waals surface area contributed by atoms with Gasteiger partial charge in [0.05, 0.1) is 5.52 Å². The second-order valence-corrected chi connectivity index (χ2v) is 7.83. The number of fused-ring (bicyclic) bond motifs is 1.